The van der Waals surface area contributed by atoms with Crippen molar-refractivity contribution in [1.29, 1.82) is 0 Å². The van der Waals surface area contributed by atoms with Gasteiger partial charge in [0.05, 0.1) is 0 Å². The maximum Gasteiger partial charge on any atom is 0.494 e. The molecule has 2 aliphatic rings. The van der Waals surface area contributed by atoms with Gasteiger partial charge < -0.3 is 19.5 Å². The number of hydrogen-bond donors (Lipinski definition) is 1. The summed E-state index contributed by atoms with van der Waals surface area (Å²) in [5.74, 6) is -0.703. The SMILES string of the molecule is CNC(=O)c1cc2c(B3OCC(C)(C)CO3)ccnc2n(CC(=O)N2CC(C)(C)C2)c1=O. The molecule has 4 rings (SSSR count). The highest BCUT2D eigenvalue weighted by molar-refractivity contribution is 6.64. The molecule has 10 heteroatoms. The van der Waals surface area contributed by atoms with Gasteiger partial charge in [-0.05, 0) is 23.0 Å². The third kappa shape index (κ3) is 4.16. The van der Waals surface area contributed by atoms with E-state index in [-0.39, 0.29) is 28.8 Å². The molecule has 2 aliphatic heterocycles. The molecule has 2 aromatic rings. The summed E-state index contributed by atoms with van der Waals surface area (Å²) < 4.78 is 13.2. The van der Waals surface area contributed by atoms with E-state index < -0.39 is 18.6 Å². The number of nitrogens with one attached hydrogen (secondary N) is 1. The Bertz CT molecular complexity index is 1130. The van der Waals surface area contributed by atoms with E-state index in [0.29, 0.717) is 42.8 Å². The van der Waals surface area contributed by atoms with E-state index in [1.807, 2.05) is 0 Å². The van der Waals surface area contributed by atoms with Gasteiger partial charge in [0.25, 0.3) is 11.5 Å². The normalized spacial score (nSPS) is 19.5. The summed E-state index contributed by atoms with van der Waals surface area (Å²) in [5, 5.41) is 3.05. The van der Waals surface area contributed by atoms with Crippen LogP contribution in [0.1, 0.15) is 38.1 Å². The molecule has 0 aliphatic carbocycles. The van der Waals surface area contributed by atoms with Crippen molar-refractivity contribution in [1.82, 2.24) is 19.8 Å². The number of carbonyl (C=O) groups is 2. The number of aromatic nitrogens is 2. The minimum absolute atomic E-state index is 0.0536. The van der Waals surface area contributed by atoms with Crippen molar-refractivity contribution in [2.45, 2.75) is 34.2 Å². The van der Waals surface area contributed by atoms with E-state index >= 15 is 0 Å². The smallest absolute Gasteiger partial charge is 0.407 e. The van der Waals surface area contributed by atoms with Gasteiger partial charge >= 0.3 is 7.12 Å². The molecule has 0 atom stereocenters. The second-order valence-corrected chi connectivity index (χ2v) is 10.2. The fourth-order valence-corrected chi connectivity index (χ4v) is 4.21. The van der Waals surface area contributed by atoms with Crippen molar-refractivity contribution in [2.24, 2.45) is 10.8 Å². The molecule has 170 valence electrons. The standard InChI is InChI=1S/C22H29BN4O5/c1-21(2)10-26(11-21)17(28)9-27-18-14(8-15(20(27)30)19(29)24-5)16(6-7-25-18)23-31-12-22(3,4)13-32-23/h6-8H,9-13H2,1-5H3,(H,24,29). The first kappa shape index (κ1) is 22.5. The van der Waals surface area contributed by atoms with Crippen molar-refractivity contribution in [2.75, 3.05) is 33.4 Å². The molecule has 0 bridgehead atoms. The Morgan fingerprint density at radius 3 is 2.41 bits per heavy atom. The van der Waals surface area contributed by atoms with Crippen molar-refractivity contribution in [3.63, 3.8) is 0 Å². The number of nitrogens with zero attached hydrogens (tertiary/aromatic N) is 3. The minimum atomic E-state index is -0.649. The van der Waals surface area contributed by atoms with Crippen LogP contribution in [-0.4, -0.2) is 66.7 Å². The predicted octanol–water partition coefficient (Wildman–Crippen LogP) is 0.393. The highest BCUT2D eigenvalue weighted by atomic mass is 16.6. The second-order valence-electron chi connectivity index (χ2n) is 10.2. The van der Waals surface area contributed by atoms with Crippen LogP contribution in [0, 0.1) is 10.8 Å². The van der Waals surface area contributed by atoms with Crippen molar-refractivity contribution >= 4 is 35.4 Å². The number of rotatable bonds is 4. The Morgan fingerprint density at radius 1 is 1.16 bits per heavy atom. The summed E-state index contributed by atoms with van der Waals surface area (Å²) in [4.78, 5) is 44.6. The third-order valence-electron chi connectivity index (χ3n) is 5.88. The van der Waals surface area contributed by atoms with Crippen LogP contribution in [0.5, 0.6) is 0 Å². The van der Waals surface area contributed by atoms with Crippen LogP contribution in [0.2, 0.25) is 0 Å². The molecule has 9 nitrogen and oxygen atoms in total. The molecule has 4 heterocycles. The average Bonchev–Trinajstić information content (AvgIpc) is 2.72. The van der Waals surface area contributed by atoms with Gasteiger partial charge in [0.2, 0.25) is 5.91 Å². The van der Waals surface area contributed by atoms with Crippen molar-refractivity contribution < 1.29 is 18.9 Å². The topological polar surface area (TPSA) is 103 Å². The monoisotopic (exact) mass is 440 g/mol. The van der Waals surface area contributed by atoms with Crippen LogP contribution >= 0.6 is 0 Å². The van der Waals surface area contributed by atoms with Crippen molar-refractivity contribution in [3.8, 4) is 0 Å². The summed E-state index contributed by atoms with van der Waals surface area (Å²) in [6.45, 7) is 10.4. The quantitative estimate of drug-likeness (QED) is 0.691. The van der Waals surface area contributed by atoms with Crippen LogP contribution in [-0.2, 0) is 20.6 Å². The maximum atomic E-state index is 13.2. The summed E-state index contributed by atoms with van der Waals surface area (Å²) in [5.41, 5.74) is 0.351. The molecule has 2 fully saturated rings. The van der Waals surface area contributed by atoms with Gasteiger partial charge in [0.1, 0.15) is 17.8 Å². The zero-order valence-corrected chi connectivity index (χ0v) is 19.2. The first-order valence-corrected chi connectivity index (χ1v) is 10.8. The third-order valence-corrected chi connectivity index (χ3v) is 5.88. The highest BCUT2D eigenvalue weighted by Gasteiger charge is 2.38. The van der Waals surface area contributed by atoms with Gasteiger partial charge in [-0.1, -0.05) is 27.7 Å². The lowest BCUT2D eigenvalue weighted by Gasteiger charge is -2.45. The number of likely N-dealkylation sites (tertiary alicyclic amines) is 1. The molecule has 0 spiro atoms. The zero-order valence-electron chi connectivity index (χ0n) is 19.2. The molecule has 0 saturated carbocycles. The van der Waals surface area contributed by atoms with Gasteiger partial charge in [-0.25, -0.2) is 4.98 Å². The van der Waals surface area contributed by atoms with Crippen LogP contribution < -0.4 is 16.3 Å². The van der Waals surface area contributed by atoms with Gasteiger partial charge in [-0.3, -0.25) is 19.0 Å². The summed E-state index contributed by atoms with van der Waals surface area (Å²) in [7, 11) is 0.812. The lowest BCUT2D eigenvalue weighted by atomic mass is 9.74. The Balaban J connectivity index is 1.78. The Morgan fingerprint density at radius 2 is 1.81 bits per heavy atom. The molecule has 32 heavy (non-hydrogen) atoms. The van der Waals surface area contributed by atoms with E-state index in [4.69, 9.17) is 9.31 Å². The van der Waals surface area contributed by atoms with E-state index in [2.05, 4.69) is 38.0 Å². The van der Waals surface area contributed by atoms with Gasteiger partial charge in [0, 0.05) is 50.3 Å². The largest absolute Gasteiger partial charge is 0.494 e. The average molecular weight is 440 g/mol. The Labute approximate surface area is 187 Å². The fraction of sp³-hybridized carbons (Fsp3) is 0.545. The number of carbonyl (C=O) groups excluding carboxylic acids is 2. The van der Waals surface area contributed by atoms with Crippen molar-refractivity contribution in [3.05, 3.63) is 34.2 Å². The van der Waals surface area contributed by atoms with Gasteiger partial charge in [0.15, 0.2) is 0 Å². The molecule has 2 saturated heterocycles. The number of hydrogen-bond acceptors (Lipinski definition) is 6. The molecule has 0 unspecified atom stereocenters. The maximum absolute atomic E-state index is 13.2. The predicted molar refractivity (Wildman–Crippen MR) is 121 cm³/mol. The second kappa shape index (κ2) is 8.01. The van der Waals surface area contributed by atoms with E-state index in [1.54, 1.807) is 17.2 Å². The van der Waals surface area contributed by atoms with Gasteiger partial charge in [-0.2, -0.15) is 0 Å². The van der Waals surface area contributed by atoms with E-state index in [9.17, 15) is 14.4 Å². The molecule has 0 radical (unpaired) electrons. The van der Waals surface area contributed by atoms with Crippen LogP contribution in [0.3, 0.4) is 0 Å². The van der Waals surface area contributed by atoms with Crippen LogP contribution in [0.25, 0.3) is 11.0 Å². The zero-order chi connectivity index (χ0) is 23.3. The molecule has 2 amide bonds. The highest BCUT2D eigenvalue weighted by Crippen LogP contribution is 2.29. The lowest BCUT2D eigenvalue weighted by molar-refractivity contribution is -0.142. The van der Waals surface area contributed by atoms with Crippen LogP contribution in [0.4, 0.5) is 0 Å². The van der Waals surface area contributed by atoms with Crippen LogP contribution in [0.15, 0.2) is 23.1 Å². The lowest BCUT2D eigenvalue weighted by Crippen LogP contribution is -2.56. The molecule has 0 aromatic carbocycles. The summed E-state index contributed by atoms with van der Waals surface area (Å²) in [6.07, 6.45) is 1.57. The number of fused-ring (bicyclic) bond motifs is 1. The number of pyridine rings is 2. The molecular formula is C22H29BN4O5. The minimum Gasteiger partial charge on any atom is -0.407 e. The Hall–Kier alpha value is -2.72. The van der Waals surface area contributed by atoms with E-state index in [1.165, 1.54) is 17.7 Å². The first-order valence-electron chi connectivity index (χ1n) is 10.8. The number of amides is 2. The Kier molecular flexibility index (Phi) is 5.62. The van der Waals surface area contributed by atoms with Gasteiger partial charge in [-0.15, -0.1) is 0 Å². The van der Waals surface area contributed by atoms with E-state index in [0.717, 1.165) is 0 Å². The fourth-order valence-electron chi connectivity index (χ4n) is 4.21. The summed E-state index contributed by atoms with van der Waals surface area (Å²) in [6, 6.07) is 3.27. The molecular weight excluding hydrogens is 411 g/mol. The molecule has 2 aromatic heterocycles. The molecule has 1 N–H and O–H groups in total. The first-order chi connectivity index (χ1) is 15.0. The summed E-state index contributed by atoms with van der Waals surface area (Å²) >= 11 is 0.